The summed E-state index contributed by atoms with van der Waals surface area (Å²) in [5, 5.41) is 6.66. The van der Waals surface area contributed by atoms with Crippen LogP contribution in [0.5, 0.6) is 5.75 Å². The van der Waals surface area contributed by atoms with E-state index in [0.29, 0.717) is 13.2 Å². The minimum absolute atomic E-state index is 0.0192. The van der Waals surface area contributed by atoms with E-state index in [4.69, 9.17) is 9.47 Å². The first-order chi connectivity index (χ1) is 12.6. The van der Waals surface area contributed by atoms with E-state index in [1.165, 1.54) is 18.4 Å². The average molecular weight is 360 g/mol. The van der Waals surface area contributed by atoms with Gasteiger partial charge in [0.25, 0.3) is 0 Å². The molecular weight excluding hydrogens is 328 g/mol. The van der Waals surface area contributed by atoms with E-state index in [1.54, 1.807) is 14.2 Å². The maximum atomic E-state index is 13.1. The molecule has 1 amide bonds. The van der Waals surface area contributed by atoms with Gasteiger partial charge in [-0.1, -0.05) is 25.0 Å². The molecule has 144 valence electrons. The van der Waals surface area contributed by atoms with E-state index in [-0.39, 0.29) is 11.3 Å². The van der Waals surface area contributed by atoms with Gasteiger partial charge in [-0.15, -0.1) is 0 Å². The minimum Gasteiger partial charge on any atom is -0.497 e. The summed E-state index contributed by atoms with van der Waals surface area (Å²) < 4.78 is 10.8. The Balaban J connectivity index is 1.75. The molecule has 1 aromatic rings. The van der Waals surface area contributed by atoms with E-state index in [1.807, 2.05) is 6.07 Å². The molecule has 3 rings (SSSR count). The fourth-order valence-electron chi connectivity index (χ4n) is 4.63. The normalized spacial score (nSPS) is 21.3. The number of carbonyl (C=O) groups excluding carboxylic acids is 1. The van der Waals surface area contributed by atoms with Crippen molar-refractivity contribution in [3.63, 3.8) is 0 Å². The Hall–Kier alpha value is -1.59. The Bertz CT molecular complexity index is 600. The monoisotopic (exact) mass is 360 g/mol. The van der Waals surface area contributed by atoms with Crippen LogP contribution in [0.25, 0.3) is 0 Å². The van der Waals surface area contributed by atoms with Crippen LogP contribution in [0.15, 0.2) is 24.3 Å². The molecule has 26 heavy (non-hydrogen) atoms. The molecule has 0 spiro atoms. The molecule has 1 saturated carbocycles. The third-order valence-electron chi connectivity index (χ3n) is 6.29. The number of methoxy groups -OCH3 is 2. The Morgan fingerprint density at radius 2 is 1.88 bits per heavy atom. The average Bonchev–Trinajstić information content (AvgIpc) is 3.17. The maximum Gasteiger partial charge on any atom is 0.228 e. The highest BCUT2D eigenvalue weighted by atomic mass is 16.5. The van der Waals surface area contributed by atoms with Crippen molar-refractivity contribution in [3.8, 4) is 5.75 Å². The van der Waals surface area contributed by atoms with Crippen LogP contribution < -0.4 is 15.4 Å². The number of piperidine rings is 1. The molecule has 0 radical (unpaired) electrons. The van der Waals surface area contributed by atoms with Gasteiger partial charge in [0.2, 0.25) is 5.91 Å². The summed E-state index contributed by atoms with van der Waals surface area (Å²) in [6.45, 7) is 2.93. The molecule has 0 aromatic heterocycles. The molecule has 1 saturated heterocycles. The molecule has 5 nitrogen and oxygen atoms in total. The van der Waals surface area contributed by atoms with E-state index in [9.17, 15) is 4.79 Å². The lowest BCUT2D eigenvalue weighted by Crippen LogP contribution is -2.52. The number of ether oxygens (including phenoxy) is 2. The van der Waals surface area contributed by atoms with Crippen LogP contribution in [0.2, 0.25) is 0 Å². The molecule has 1 aliphatic carbocycles. The molecule has 1 aromatic carbocycles. The smallest absolute Gasteiger partial charge is 0.228 e. The molecule has 5 heteroatoms. The summed E-state index contributed by atoms with van der Waals surface area (Å²) >= 11 is 0. The van der Waals surface area contributed by atoms with Crippen molar-refractivity contribution in [3.05, 3.63) is 29.8 Å². The van der Waals surface area contributed by atoms with Gasteiger partial charge in [-0.2, -0.15) is 0 Å². The van der Waals surface area contributed by atoms with Crippen LogP contribution in [-0.4, -0.2) is 46.4 Å². The topological polar surface area (TPSA) is 59.6 Å². The molecule has 2 aliphatic rings. The number of amides is 1. The van der Waals surface area contributed by atoms with E-state index < -0.39 is 5.41 Å². The molecular formula is C21H32N2O3. The van der Waals surface area contributed by atoms with Crippen LogP contribution in [0.3, 0.4) is 0 Å². The van der Waals surface area contributed by atoms with Crippen molar-refractivity contribution in [2.24, 2.45) is 5.41 Å². The molecule has 0 bridgehead atoms. The van der Waals surface area contributed by atoms with Gasteiger partial charge in [0.15, 0.2) is 0 Å². The highest BCUT2D eigenvalue weighted by Gasteiger charge is 2.42. The lowest BCUT2D eigenvalue weighted by molar-refractivity contribution is -0.136. The van der Waals surface area contributed by atoms with Gasteiger partial charge in [-0.05, 0) is 56.5 Å². The second-order valence-corrected chi connectivity index (χ2v) is 7.87. The second-order valence-electron chi connectivity index (χ2n) is 7.87. The van der Waals surface area contributed by atoms with Gasteiger partial charge in [0.05, 0.1) is 19.1 Å². The summed E-state index contributed by atoms with van der Waals surface area (Å²) in [4.78, 5) is 13.1. The highest BCUT2D eigenvalue weighted by molar-refractivity contribution is 5.83. The van der Waals surface area contributed by atoms with Crippen LogP contribution in [0.1, 0.15) is 44.1 Å². The SMILES string of the molecule is COCC1(C(=O)NCC2(c3cccc(OC)c3)CCCC2)CCNCC1. The van der Waals surface area contributed by atoms with Crippen molar-refractivity contribution < 1.29 is 14.3 Å². The first kappa shape index (κ1) is 19.2. The molecule has 2 N–H and O–H groups in total. The molecule has 0 atom stereocenters. The van der Waals surface area contributed by atoms with Crippen LogP contribution in [0.4, 0.5) is 0 Å². The largest absolute Gasteiger partial charge is 0.497 e. The van der Waals surface area contributed by atoms with Crippen molar-refractivity contribution in [2.45, 2.75) is 43.9 Å². The third-order valence-corrected chi connectivity index (χ3v) is 6.29. The molecule has 1 heterocycles. The molecule has 0 unspecified atom stereocenters. The number of benzene rings is 1. The summed E-state index contributed by atoms with van der Waals surface area (Å²) in [5.74, 6) is 1.03. The number of nitrogens with one attached hydrogen (secondary N) is 2. The summed E-state index contributed by atoms with van der Waals surface area (Å²) in [6.07, 6.45) is 6.30. The van der Waals surface area contributed by atoms with Gasteiger partial charge in [0, 0.05) is 19.1 Å². The van der Waals surface area contributed by atoms with Crippen molar-refractivity contribution >= 4 is 5.91 Å². The van der Waals surface area contributed by atoms with Crippen LogP contribution in [0, 0.1) is 5.41 Å². The van der Waals surface area contributed by atoms with Gasteiger partial charge < -0.3 is 20.1 Å². The Labute approximate surface area is 156 Å². The Morgan fingerprint density at radius 1 is 1.15 bits per heavy atom. The zero-order valence-electron chi connectivity index (χ0n) is 16.1. The zero-order chi connectivity index (χ0) is 18.5. The number of hydrogen-bond donors (Lipinski definition) is 2. The zero-order valence-corrected chi connectivity index (χ0v) is 16.1. The van der Waals surface area contributed by atoms with Gasteiger partial charge in [-0.3, -0.25) is 4.79 Å². The second kappa shape index (κ2) is 8.40. The standard InChI is InChI=1S/C21H32N2O3/c1-25-16-21(10-12-22-13-11-21)19(24)23-15-20(8-3-4-9-20)17-6-5-7-18(14-17)26-2/h5-7,14,22H,3-4,8-13,15-16H2,1-2H3,(H,23,24). The lowest BCUT2D eigenvalue weighted by atomic mass is 9.76. The van der Waals surface area contributed by atoms with E-state index in [0.717, 1.165) is 44.5 Å². The summed E-state index contributed by atoms with van der Waals surface area (Å²) in [5.41, 5.74) is 0.903. The quantitative estimate of drug-likeness (QED) is 0.785. The van der Waals surface area contributed by atoms with Gasteiger partial charge in [0.1, 0.15) is 5.75 Å². The Kier molecular flexibility index (Phi) is 6.20. The van der Waals surface area contributed by atoms with Crippen LogP contribution in [-0.2, 0) is 14.9 Å². The van der Waals surface area contributed by atoms with E-state index in [2.05, 4.69) is 28.8 Å². The fourth-order valence-corrected chi connectivity index (χ4v) is 4.63. The van der Waals surface area contributed by atoms with Crippen molar-refractivity contribution in [1.82, 2.24) is 10.6 Å². The lowest BCUT2D eigenvalue weighted by Gasteiger charge is -2.37. The maximum absolute atomic E-state index is 13.1. The van der Waals surface area contributed by atoms with Gasteiger partial charge in [-0.25, -0.2) is 0 Å². The van der Waals surface area contributed by atoms with E-state index >= 15 is 0 Å². The fraction of sp³-hybridized carbons (Fsp3) is 0.667. The van der Waals surface area contributed by atoms with Crippen molar-refractivity contribution in [2.75, 3.05) is 40.5 Å². The Morgan fingerprint density at radius 3 is 2.54 bits per heavy atom. The van der Waals surface area contributed by atoms with Crippen molar-refractivity contribution in [1.29, 1.82) is 0 Å². The summed E-state index contributed by atoms with van der Waals surface area (Å²) in [7, 11) is 3.39. The predicted octanol–water partition coefficient (Wildman–Crippen LogP) is 2.64. The first-order valence-corrected chi connectivity index (χ1v) is 9.77. The third kappa shape index (κ3) is 3.89. The number of carbonyl (C=O) groups is 1. The molecule has 2 fully saturated rings. The predicted molar refractivity (Wildman–Crippen MR) is 103 cm³/mol. The summed E-state index contributed by atoms with van der Waals surface area (Å²) in [6, 6.07) is 8.34. The first-order valence-electron chi connectivity index (χ1n) is 9.77. The van der Waals surface area contributed by atoms with Gasteiger partial charge >= 0.3 is 0 Å². The molecule has 1 aliphatic heterocycles. The number of hydrogen-bond acceptors (Lipinski definition) is 4. The highest BCUT2D eigenvalue weighted by Crippen LogP contribution is 2.42. The minimum atomic E-state index is -0.395. The van der Waals surface area contributed by atoms with Crippen LogP contribution >= 0.6 is 0 Å². The number of rotatable bonds is 7.